The highest BCUT2D eigenvalue weighted by Crippen LogP contribution is 2.15. The van der Waals surface area contributed by atoms with E-state index < -0.39 is 18.1 Å². The minimum absolute atomic E-state index is 0.0443. The Hall–Kier alpha value is -2.19. The van der Waals surface area contributed by atoms with Crippen LogP contribution in [-0.2, 0) is 28.6 Å². The third-order valence-corrected chi connectivity index (χ3v) is 11.1. The number of hydrogen-bond donors (Lipinski definition) is 0. The molecule has 0 aromatic heterocycles. The van der Waals surface area contributed by atoms with Gasteiger partial charge in [-0.1, -0.05) is 186 Å². The molecule has 340 valence electrons. The van der Waals surface area contributed by atoms with Gasteiger partial charge in [0.15, 0.2) is 6.10 Å². The van der Waals surface area contributed by atoms with Gasteiger partial charge in [0.2, 0.25) is 0 Å². The Morgan fingerprint density at radius 3 is 1.33 bits per heavy atom. The van der Waals surface area contributed by atoms with E-state index in [9.17, 15) is 19.5 Å². The quantitative estimate of drug-likeness (QED) is 0.0261. The zero-order chi connectivity index (χ0) is 42.8. The van der Waals surface area contributed by atoms with Gasteiger partial charge in [-0.25, -0.2) is 0 Å². The Morgan fingerprint density at radius 2 is 0.914 bits per heavy atom. The lowest BCUT2D eigenvalue weighted by Gasteiger charge is -2.34. The molecule has 0 N–H and O–H groups in total. The van der Waals surface area contributed by atoms with Crippen LogP contribution in [0.4, 0.5) is 0 Å². The van der Waals surface area contributed by atoms with E-state index >= 15 is 0 Å². The number of nitrogens with zero attached hydrogens (tertiary/aromatic N) is 1. The van der Waals surface area contributed by atoms with Crippen LogP contribution in [0.15, 0.2) is 24.3 Å². The van der Waals surface area contributed by atoms with Crippen LogP contribution in [0.1, 0.15) is 226 Å². The van der Waals surface area contributed by atoms with Crippen molar-refractivity contribution >= 4 is 17.9 Å². The molecule has 58 heavy (non-hydrogen) atoms. The highest BCUT2D eigenvalue weighted by molar-refractivity contribution is 5.70. The second kappa shape index (κ2) is 41.5. The van der Waals surface area contributed by atoms with Crippen molar-refractivity contribution in [1.82, 2.24) is 0 Å². The van der Waals surface area contributed by atoms with Crippen molar-refractivity contribution in [2.75, 3.05) is 41.0 Å². The third-order valence-electron chi connectivity index (χ3n) is 11.1. The Kier molecular flexibility index (Phi) is 40.0. The smallest absolute Gasteiger partial charge is 0.306 e. The largest absolute Gasteiger partial charge is 0.544 e. The molecular weight excluding hydrogens is 727 g/mol. The molecule has 0 fully saturated rings. The molecule has 0 aromatic carbocycles. The molecule has 0 rings (SSSR count). The molecule has 0 radical (unpaired) electrons. The van der Waals surface area contributed by atoms with Crippen LogP contribution < -0.4 is 5.11 Å². The Balaban J connectivity index is 4.19. The topological polar surface area (TPSA) is 102 Å². The van der Waals surface area contributed by atoms with Gasteiger partial charge in [0.05, 0.1) is 40.3 Å². The maximum absolute atomic E-state index is 12.7. The zero-order valence-corrected chi connectivity index (χ0v) is 38.7. The van der Waals surface area contributed by atoms with Crippen molar-refractivity contribution in [1.29, 1.82) is 0 Å². The number of carbonyl (C=O) groups is 3. The van der Waals surface area contributed by atoms with E-state index in [2.05, 4.69) is 38.2 Å². The van der Waals surface area contributed by atoms with Crippen LogP contribution in [0.25, 0.3) is 0 Å². The molecule has 0 heterocycles. The van der Waals surface area contributed by atoms with E-state index in [1.165, 1.54) is 148 Å². The van der Waals surface area contributed by atoms with Crippen LogP contribution in [0, 0.1) is 0 Å². The molecule has 0 aromatic rings. The van der Waals surface area contributed by atoms with E-state index in [0.29, 0.717) is 12.8 Å². The monoisotopic (exact) mass is 820 g/mol. The highest BCUT2D eigenvalue weighted by Gasteiger charge is 2.25. The van der Waals surface area contributed by atoms with E-state index in [4.69, 9.17) is 14.2 Å². The normalized spacial score (nSPS) is 13.1. The number of aliphatic carboxylic acids is 1. The van der Waals surface area contributed by atoms with Gasteiger partial charge in [0.25, 0.3) is 0 Å². The molecule has 0 aliphatic heterocycles. The number of ether oxygens (including phenoxy) is 3. The first-order chi connectivity index (χ1) is 28.1. The molecule has 8 nitrogen and oxygen atoms in total. The molecule has 0 bridgehead atoms. The van der Waals surface area contributed by atoms with Gasteiger partial charge in [0.1, 0.15) is 12.6 Å². The number of unbranched alkanes of at least 4 members (excludes halogenated alkanes) is 26. The van der Waals surface area contributed by atoms with Crippen LogP contribution in [0.3, 0.4) is 0 Å². The second-order valence-electron chi connectivity index (χ2n) is 17.7. The van der Waals surface area contributed by atoms with Crippen molar-refractivity contribution in [3.63, 3.8) is 0 Å². The standard InChI is InChI=1S/C50H93NO7/c1-6-8-10-12-14-16-18-19-20-21-22-23-24-25-26-27-28-29-31-33-35-37-39-41-49(53)58-46(44-56-43-42-47(50(54)55)51(3,4)5)45-57-48(52)40-38-36-34-32-30-17-15-13-11-9-7-2/h18-19,21-22,46-47H,6-17,20,23-45H2,1-5H3/b19-18-,22-21-. The molecule has 0 saturated heterocycles. The van der Waals surface area contributed by atoms with Crippen molar-refractivity contribution in [3.8, 4) is 0 Å². The summed E-state index contributed by atoms with van der Waals surface area (Å²) in [6.07, 6.45) is 46.3. The lowest BCUT2D eigenvalue weighted by molar-refractivity contribution is -0.889. The maximum Gasteiger partial charge on any atom is 0.306 e. The highest BCUT2D eigenvalue weighted by atomic mass is 16.6. The van der Waals surface area contributed by atoms with Crippen LogP contribution in [0.2, 0.25) is 0 Å². The Labute approximate surface area is 358 Å². The predicted octanol–water partition coefficient (Wildman–Crippen LogP) is 12.3. The third kappa shape index (κ3) is 39.3. The SMILES string of the molecule is CCCCCCC/C=C\C/C=C\CCCCCCCCCCCCCC(=O)OC(COCCC(C(=O)[O-])[N+](C)(C)C)COC(=O)CCCCCCCCCCCCC. The minimum Gasteiger partial charge on any atom is -0.544 e. The maximum atomic E-state index is 12.7. The summed E-state index contributed by atoms with van der Waals surface area (Å²) in [6, 6.07) is -0.723. The number of hydrogen-bond acceptors (Lipinski definition) is 7. The fourth-order valence-corrected chi connectivity index (χ4v) is 7.28. The molecule has 2 unspecified atom stereocenters. The Bertz CT molecular complexity index is 1000. The van der Waals surface area contributed by atoms with Gasteiger partial charge >= 0.3 is 11.9 Å². The fraction of sp³-hybridized carbons (Fsp3) is 0.860. The van der Waals surface area contributed by atoms with Crippen LogP contribution >= 0.6 is 0 Å². The fourth-order valence-electron chi connectivity index (χ4n) is 7.28. The summed E-state index contributed by atoms with van der Waals surface area (Å²) in [5, 5.41) is 11.6. The summed E-state index contributed by atoms with van der Waals surface area (Å²) in [6.45, 7) is 4.67. The van der Waals surface area contributed by atoms with Crippen molar-refractivity contribution in [2.45, 2.75) is 238 Å². The molecule has 2 atom stereocenters. The summed E-state index contributed by atoms with van der Waals surface area (Å²) >= 11 is 0. The average Bonchev–Trinajstić information content (AvgIpc) is 3.18. The van der Waals surface area contributed by atoms with Crippen LogP contribution in [0.5, 0.6) is 0 Å². The molecule has 0 saturated carbocycles. The number of carboxylic acid groups (broad SMARTS) is 1. The first-order valence-corrected chi connectivity index (χ1v) is 24.4. The van der Waals surface area contributed by atoms with Gasteiger partial charge < -0.3 is 28.6 Å². The number of esters is 2. The second-order valence-corrected chi connectivity index (χ2v) is 17.7. The van der Waals surface area contributed by atoms with Gasteiger partial charge in [-0.2, -0.15) is 0 Å². The van der Waals surface area contributed by atoms with E-state index in [1.54, 1.807) is 21.1 Å². The van der Waals surface area contributed by atoms with Gasteiger partial charge in [-0.15, -0.1) is 0 Å². The first kappa shape index (κ1) is 55.8. The average molecular weight is 820 g/mol. The number of rotatable bonds is 44. The minimum atomic E-state index is -1.12. The van der Waals surface area contributed by atoms with Gasteiger partial charge in [-0.3, -0.25) is 9.59 Å². The molecule has 0 aliphatic rings. The van der Waals surface area contributed by atoms with Gasteiger partial charge in [0, 0.05) is 19.3 Å². The van der Waals surface area contributed by atoms with Crippen LogP contribution in [-0.4, -0.2) is 75.5 Å². The summed E-state index contributed by atoms with van der Waals surface area (Å²) < 4.78 is 17.2. The lowest BCUT2D eigenvalue weighted by Crippen LogP contribution is -2.55. The van der Waals surface area contributed by atoms with Gasteiger partial charge in [-0.05, 0) is 44.9 Å². The zero-order valence-electron chi connectivity index (χ0n) is 38.7. The number of carbonyl (C=O) groups excluding carboxylic acids is 3. The summed E-state index contributed by atoms with van der Waals surface area (Å²) in [5.41, 5.74) is 0. The molecule has 0 amide bonds. The number of carboxylic acids is 1. The number of likely N-dealkylation sites (N-methyl/N-ethyl adjacent to an activating group) is 1. The van der Waals surface area contributed by atoms with Crippen molar-refractivity contribution < 1.29 is 38.2 Å². The van der Waals surface area contributed by atoms with Crippen molar-refractivity contribution in [3.05, 3.63) is 24.3 Å². The van der Waals surface area contributed by atoms with Crippen molar-refractivity contribution in [2.24, 2.45) is 0 Å². The molecule has 8 heteroatoms. The first-order valence-electron chi connectivity index (χ1n) is 24.4. The van der Waals surface area contributed by atoms with E-state index in [0.717, 1.165) is 44.9 Å². The summed E-state index contributed by atoms with van der Waals surface area (Å²) in [7, 11) is 5.42. The van der Waals surface area contributed by atoms with E-state index in [1.807, 2.05) is 0 Å². The molecule has 0 aliphatic carbocycles. The van der Waals surface area contributed by atoms with E-state index in [-0.39, 0.29) is 42.7 Å². The summed E-state index contributed by atoms with van der Waals surface area (Å²) in [4.78, 5) is 36.9. The molecular formula is C50H93NO7. The lowest BCUT2D eigenvalue weighted by atomic mass is 10.0. The summed E-state index contributed by atoms with van der Waals surface area (Å²) in [5.74, 6) is -1.73. The number of allylic oxidation sites excluding steroid dienone is 4. The number of quaternary nitrogens is 1. The Morgan fingerprint density at radius 1 is 0.517 bits per heavy atom. The predicted molar refractivity (Wildman–Crippen MR) is 240 cm³/mol. The molecule has 0 spiro atoms.